The van der Waals surface area contributed by atoms with Gasteiger partial charge in [-0.2, -0.15) is 10.2 Å². The fourth-order valence-corrected chi connectivity index (χ4v) is 2.79. The highest BCUT2D eigenvalue weighted by molar-refractivity contribution is 5.62. The van der Waals surface area contributed by atoms with Crippen molar-refractivity contribution >= 4 is 0 Å². The van der Waals surface area contributed by atoms with Crippen molar-refractivity contribution < 1.29 is 4.74 Å². The Morgan fingerprint density at radius 1 is 1.12 bits per heavy atom. The van der Waals surface area contributed by atoms with Gasteiger partial charge in [0.25, 0.3) is 0 Å². The molecule has 0 atom stereocenters. The number of methoxy groups -OCH3 is 1. The maximum atomic E-state index is 12.7. The van der Waals surface area contributed by atoms with Crippen LogP contribution in [0, 0.1) is 0 Å². The SMILES string of the molecule is COc1cccc(Cn2ncn(-c3ccc(-c4cn[nH]c4)cc3)c2=O)c1. The van der Waals surface area contributed by atoms with E-state index in [0.29, 0.717) is 6.54 Å². The molecule has 0 unspecified atom stereocenters. The van der Waals surface area contributed by atoms with E-state index < -0.39 is 0 Å². The molecule has 0 aliphatic heterocycles. The zero-order valence-corrected chi connectivity index (χ0v) is 14.2. The summed E-state index contributed by atoms with van der Waals surface area (Å²) in [7, 11) is 1.62. The van der Waals surface area contributed by atoms with Crippen molar-refractivity contribution in [2.75, 3.05) is 7.11 Å². The molecule has 2 heterocycles. The lowest BCUT2D eigenvalue weighted by Crippen LogP contribution is -2.24. The first-order valence-corrected chi connectivity index (χ1v) is 8.11. The molecule has 7 nitrogen and oxygen atoms in total. The van der Waals surface area contributed by atoms with Crippen molar-refractivity contribution in [1.82, 2.24) is 24.5 Å². The first-order valence-electron chi connectivity index (χ1n) is 8.11. The fourth-order valence-electron chi connectivity index (χ4n) is 2.79. The van der Waals surface area contributed by atoms with Gasteiger partial charge in [0.05, 0.1) is 25.5 Å². The second-order valence-electron chi connectivity index (χ2n) is 5.83. The molecular weight excluding hydrogens is 330 g/mol. The molecule has 2 aromatic carbocycles. The second kappa shape index (κ2) is 6.72. The van der Waals surface area contributed by atoms with Crippen molar-refractivity contribution in [2.24, 2.45) is 0 Å². The third-order valence-corrected chi connectivity index (χ3v) is 4.18. The number of hydrogen-bond acceptors (Lipinski definition) is 4. The number of aromatic amines is 1. The normalized spacial score (nSPS) is 10.8. The Labute approximate surface area is 149 Å². The number of aromatic nitrogens is 5. The first-order chi connectivity index (χ1) is 12.7. The number of rotatable bonds is 5. The molecule has 4 aromatic rings. The van der Waals surface area contributed by atoms with Gasteiger partial charge in [-0.1, -0.05) is 24.3 Å². The zero-order chi connectivity index (χ0) is 17.9. The predicted molar refractivity (Wildman–Crippen MR) is 97.5 cm³/mol. The van der Waals surface area contributed by atoms with E-state index in [1.54, 1.807) is 13.3 Å². The Bertz CT molecular complexity index is 1060. The topological polar surface area (TPSA) is 77.7 Å². The molecule has 0 aliphatic rings. The number of benzene rings is 2. The van der Waals surface area contributed by atoms with E-state index >= 15 is 0 Å². The summed E-state index contributed by atoms with van der Waals surface area (Å²) in [5.41, 5.74) is 3.55. The van der Waals surface area contributed by atoms with Gasteiger partial charge in [-0.25, -0.2) is 14.0 Å². The molecule has 130 valence electrons. The summed E-state index contributed by atoms with van der Waals surface area (Å²) in [6.07, 6.45) is 5.12. The summed E-state index contributed by atoms with van der Waals surface area (Å²) in [4.78, 5) is 12.7. The van der Waals surface area contributed by atoms with E-state index in [1.165, 1.54) is 15.6 Å². The third kappa shape index (κ3) is 3.02. The molecule has 0 saturated carbocycles. The summed E-state index contributed by atoms with van der Waals surface area (Å²) >= 11 is 0. The number of H-pyrrole nitrogens is 1. The monoisotopic (exact) mass is 347 g/mol. The third-order valence-electron chi connectivity index (χ3n) is 4.18. The van der Waals surface area contributed by atoms with Crippen LogP contribution in [0.4, 0.5) is 0 Å². The average molecular weight is 347 g/mol. The van der Waals surface area contributed by atoms with Gasteiger partial charge in [-0.3, -0.25) is 5.10 Å². The van der Waals surface area contributed by atoms with Gasteiger partial charge in [-0.15, -0.1) is 0 Å². The van der Waals surface area contributed by atoms with Gasteiger partial charge in [0.15, 0.2) is 0 Å². The van der Waals surface area contributed by atoms with Crippen LogP contribution in [0.3, 0.4) is 0 Å². The molecule has 0 spiro atoms. The molecule has 0 saturated heterocycles. The van der Waals surface area contributed by atoms with E-state index in [-0.39, 0.29) is 5.69 Å². The largest absolute Gasteiger partial charge is 0.497 e. The van der Waals surface area contributed by atoms with E-state index in [2.05, 4.69) is 15.3 Å². The summed E-state index contributed by atoms with van der Waals surface area (Å²) in [5.74, 6) is 0.754. The standard InChI is InChI=1S/C19H17N5O2/c1-26-18-4-2-3-14(9-18)12-24-19(25)23(13-22-24)17-7-5-15(6-8-17)16-10-20-21-11-16/h2-11,13H,12H2,1H3,(H,20,21). The van der Waals surface area contributed by atoms with Gasteiger partial charge in [0.2, 0.25) is 0 Å². The van der Waals surface area contributed by atoms with Gasteiger partial charge >= 0.3 is 5.69 Å². The number of nitrogens with one attached hydrogen (secondary N) is 1. The number of ether oxygens (including phenoxy) is 1. The molecule has 1 N–H and O–H groups in total. The minimum absolute atomic E-state index is 0.191. The van der Waals surface area contributed by atoms with Crippen LogP contribution in [0.25, 0.3) is 16.8 Å². The van der Waals surface area contributed by atoms with Crippen LogP contribution in [-0.2, 0) is 6.54 Å². The molecule has 0 bridgehead atoms. The number of nitrogens with zero attached hydrogens (tertiary/aromatic N) is 4. The van der Waals surface area contributed by atoms with Gasteiger partial charge in [-0.05, 0) is 35.4 Å². The molecular formula is C19H17N5O2. The second-order valence-corrected chi connectivity index (χ2v) is 5.83. The molecule has 0 radical (unpaired) electrons. The van der Waals surface area contributed by atoms with Crippen LogP contribution in [0.15, 0.2) is 72.0 Å². The smallest absolute Gasteiger partial charge is 0.350 e. The molecule has 0 fully saturated rings. The first kappa shape index (κ1) is 15.9. The van der Waals surface area contributed by atoms with E-state index in [9.17, 15) is 4.79 Å². The maximum Gasteiger partial charge on any atom is 0.350 e. The van der Waals surface area contributed by atoms with Crippen molar-refractivity contribution in [3.63, 3.8) is 0 Å². The minimum atomic E-state index is -0.191. The fraction of sp³-hybridized carbons (Fsp3) is 0.105. The summed E-state index contributed by atoms with van der Waals surface area (Å²) in [6.45, 7) is 0.385. The van der Waals surface area contributed by atoms with Crippen LogP contribution >= 0.6 is 0 Å². The average Bonchev–Trinajstić information content (AvgIpc) is 3.33. The van der Waals surface area contributed by atoms with Crippen LogP contribution in [0.5, 0.6) is 5.75 Å². The van der Waals surface area contributed by atoms with E-state index in [0.717, 1.165) is 28.1 Å². The molecule has 2 aromatic heterocycles. The Hall–Kier alpha value is -3.61. The lowest BCUT2D eigenvalue weighted by Gasteiger charge is -2.04. The predicted octanol–water partition coefficient (Wildman–Crippen LogP) is 2.48. The summed E-state index contributed by atoms with van der Waals surface area (Å²) in [5, 5.41) is 11.0. The molecule has 26 heavy (non-hydrogen) atoms. The van der Waals surface area contributed by atoms with Crippen molar-refractivity contribution in [3.8, 4) is 22.6 Å². The highest BCUT2D eigenvalue weighted by Crippen LogP contribution is 2.19. The molecule has 4 rings (SSSR count). The lowest BCUT2D eigenvalue weighted by molar-refractivity contribution is 0.414. The van der Waals surface area contributed by atoms with Crippen molar-refractivity contribution in [1.29, 1.82) is 0 Å². The van der Waals surface area contributed by atoms with Crippen LogP contribution in [0.1, 0.15) is 5.56 Å². The van der Waals surface area contributed by atoms with Crippen LogP contribution in [-0.4, -0.2) is 31.7 Å². The summed E-state index contributed by atoms with van der Waals surface area (Å²) in [6, 6.07) is 15.3. The maximum absolute atomic E-state index is 12.7. The minimum Gasteiger partial charge on any atom is -0.497 e. The highest BCUT2D eigenvalue weighted by Gasteiger charge is 2.08. The molecule has 7 heteroatoms. The van der Waals surface area contributed by atoms with Crippen molar-refractivity contribution in [3.05, 3.63) is 83.3 Å². The number of hydrogen-bond donors (Lipinski definition) is 1. The quantitative estimate of drug-likeness (QED) is 0.602. The van der Waals surface area contributed by atoms with E-state index in [4.69, 9.17) is 4.74 Å². The Kier molecular flexibility index (Phi) is 4.10. The van der Waals surface area contributed by atoms with Crippen LogP contribution < -0.4 is 10.4 Å². The Morgan fingerprint density at radius 2 is 1.96 bits per heavy atom. The summed E-state index contributed by atoms with van der Waals surface area (Å²) < 4.78 is 8.18. The van der Waals surface area contributed by atoms with Gasteiger partial charge in [0.1, 0.15) is 12.1 Å². The van der Waals surface area contributed by atoms with Crippen molar-refractivity contribution in [2.45, 2.75) is 6.54 Å². The highest BCUT2D eigenvalue weighted by atomic mass is 16.5. The zero-order valence-electron chi connectivity index (χ0n) is 14.2. The van der Waals surface area contributed by atoms with Gasteiger partial charge < -0.3 is 4.74 Å². The molecule has 0 aliphatic carbocycles. The Morgan fingerprint density at radius 3 is 2.69 bits per heavy atom. The Balaban J connectivity index is 1.60. The van der Waals surface area contributed by atoms with Gasteiger partial charge in [0, 0.05) is 11.8 Å². The lowest BCUT2D eigenvalue weighted by atomic mass is 10.1. The van der Waals surface area contributed by atoms with Crippen LogP contribution in [0.2, 0.25) is 0 Å². The van der Waals surface area contributed by atoms with E-state index in [1.807, 2.05) is 54.7 Å². The molecule has 0 amide bonds.